The van der Waals surface area contributed by atoms with Crippen LogP contribution in [0.2, 0.25) is 0 Å². The molecule has 19 heavy (non-hydrogen) atoms. The fourth-order valence-electron chi connectivity index (χ4n) is 1.46. The quantitative estimate of drug-likeness (QED) is 0.445. The summed E-state index contributed by atoms with van der Waals surface area (Å²) in [5.41, 5.74) is 0. The molecule has 1 fully saturated rings. The Balaban J connectivity index is 0.000000459. The van der Waals surface area contributed by atoms with Crippen LogP contribution in [-0.4, -0.2) is 73.1 Å². The lowest BCUT2D eigenvalue weighted by molar-refractivity contribution is -0.145. The van der Waals surface area contributed by atoms with E-state index in [0.717, 1.165) is 39.4 Å². The summed E-state index contributed by atoms with van der Waals surface area (Å²) in [5, 5.41) is 19.1. The van der Waals surface area contributed by atoms with Crippen molar-refractivity contribution in [3.63, 3.8) is 0 Å². The Morgan fingerprint density at radius 1 is 1.53 bits per heavy atom. The van der Waals surface area contributed by atoms with Crippen LogP contribution in [-0.2, 0) is 9.53 Å². The SMILES string of the molecule is C=CCNCCCN1CCOCC1.CC(O)C(=O)O. The second-order valence-electron chi connectivity index (χ2n) is 4.31. The highest BCUT2D eigenvalue weighted by atomic mass is 16.5. The van der Waals surface area contributed by atoms with Gasteiger partial charge in [0.15, 0.2) is 0 Å². The van der Waals surface area contributed by atoms with Crippen LogP contribution in [0.4, 0.5) is 0 Å². The van der Waals surface area contributed by atoms with Gasteiger partial charge in [0, 0.05) is 19.6 Å². The zero-order valence-electron chi connectivity index (χ0n) is 11.7. The van der Waals surface area contributed by atoms with Crippen LogP contribution in [0.3, 0.4) is 0 Å². The molecular weight excluding hydrogens is 248 g/mol. The van der Waals surface area contributed by atoms with E-state index in [-0.39, 0.29) is 0 Å². The third kappa shape index (κ3) is 11.9. The summed E-state index contributed by atoms with van der Waals surface area (Å²) in [4.78, 5) is 11.9. The van der Waals surface area contributed by atoms with Gasteiger partial charge in [-0.2, -0.15) is 0 Å². The van der Waals surface area contributed by atoms with Crippen LogP contribution < -0.4 is 5.32 Å². The van der Waals surface area contributed by atoms with E-state index < -0.39 is 12.1 Å². The maximum Gasteiger partial charge on any atom is 0.332 e. The number of hydrogen-bond donors (Lipinski definition) is 3. The molecule has 0 aliphatic carbocycles. The van der Waals surface area contributed by atoms with Gasteiger partial charge in [-0.15, -0.1) is 6.58 Å². The third-order valence-electron chi connectivity index (χ3n) is 2.58. The van der Waals surface area contributed by atoms with Crippen LogP contribution in [0.5, 0.6) is 0 Å². The fraction of sp³-hybridized carbons (Fsp3) is 0.769. The zero-order chi connectivity index (χ0) is 14.5. The van der Waals surface area contributed by atoms with Crippen molar-refractivity contribution in [1.82, 2.24) is 10.2 Å². The largest absolute Gasteiger partial charge is 0.479 e. The van der Waals surface area contributed by atoms with Crippen LogP contribution in [0.15, 0.2) is 12.7 Å². The Bertz CT molecular complexity index is 241. The molecule has 112 valence electrons. The Kier molecular flexibility index (Phi) is 11.5. The van der Waals surface area contributed by atoms with E-state index in [2.05, 4.69) is 16.8 Å². The minimum atomic E-state index is -1.23. The van der Waals surface area contributed by atoms with E-state index in [1.807, 2.05) is 6.08 Å². The van der Waals surface area contributed by atoms with Gasteiger partial charge in [-0.25, -0.2) is 4.79 Å². The normalized spacial score (nSPS) is 17.2. The van der Waals surface area contributed by atoms with Crippen molar-refractivity contribution in [3.05, 3.63) is 12.7 Å². The molecule has 6 heteroatoms. The van der Waals surface area contributed by atoms with Crippen LogP contribution in [0.25, 0.3) is 0 Å². The first kappa shape index (κ1) is 18.0. The highest BCUT2D eigenvalue weighted by Crippen LogP contribution is 1.96. The average Bonchev–Trinajstić information content (AvgIpc) is 2.40. The first-order valence-electron chi connectivity index (χ1n) is 6.60. The molecule has 0 aromatic carbocycles. The van der Waals surface area contributed by atoms with Crippen molar-refractivity contribution in [2.75, 3.05) is 45.9 Å². The third-order valence-corrected chi connectivity index (χ3v) is 2.58. The minimum Gasteiger partial charge on any atom is -0.479 e. The highest BCUT2D eigenvalue weighted by molar-refractivity contribution is 5.71. The number of carboxylic acids is 1. The van der Waals surface area contributed by atoms with Crippen molar-refractivity contribution >= 4 is 5.97 Å². The molecule has 1 aliphatic heterocycles. The van der Waals surface area contributed by atoms with E-state index in [1.54, 1.807) is 0 Å². The maximum absolute atomic E-state index is 9.45. The lowest BCUT2D eigenvalue weighted by Crippen LogP contribution is -2.37. The van der Waals surface area contributed by atoms with E-state index in [1.165, 1.54) is 19.9 Å². The Morgan fingerprint density at radius 3 is 2.58 bits per heavy atom. The lowest BCUT2D eigenvalue weighted by atomic mass is 10.3. The van der Waals surface area contributed by atoms with Gasteiger partial charge in [-0.1, -0.05) is 6.08 Å². The number of rotatable bonds is 7. The van der Waals surface area contributed by atoms with Gasteiger partial charge >= 0.3 is 5.97 Å². The Hall–Kier alpha value is -0.950. The summed E-state index contributed by atoms with van der Waals surface area (Å²) >= 11 is 0. The van der Waals surface area contributed by atoms with Crippen LogP contribution >= 0.6 is 0 Å². The van der Waals surface area contributed by atoms with E-state index in [4.69, 9.17) is 14.9 Å². The number of ether oxygens (including phenoxy) is 1. The number of aliphatic hydroxyl groups excluding tert-OH is 1. The molecule has 1 saturated heterocycles. The summed E-state index contributed by atoms with van der Waals surface area (Å²) < 4.78 is 5.27. The van der Waals surface area contributed by atoms with Gasteiger partial charge in [0.05, 0.1) is 13.2 Å². The maximum atomic E-state index is 9.45. The molecule has 3 N–H and O–H groups in total. The van der Waals surface area contributed by atoms with Crippen molar-refractivity contribution < 1.29 is 19.7 Å². The molecule has 1 rings (SSSR count). The number of hydrogen-bond acceptors (Lipinski definition) is 5. The summed E-state index contributed by atoms with van der Waals surface area (Å²) in [6, 6.07) is 0. The molecule has 0 bridgehead atoms. The number of aliphatic carboxylic acids is 1. The number of aliphatic hydroxyl groups is 1. The summed E-state index contributed by atoms with van der Waals surface area (Å²) in [5.74, 6) is -1.19. The summed E-state index contributed by atoms with van der Waals surface area (Å²) in [7, 11) is 0. The zero-order valence-corrected chi connectivity index (χ0v) is 11.7. The monoisotopic (exact) mass is 274 g/mol. The standard InChI is InChI=1S/C10H20N2O.C3H6O3/c1-2-4-11-5-3-6-12-7-9-13-10-8-12;1-2(4)3(5)6/h2,11H,1,3-10H2;2,4H,1H3,(H,5,6). The molecule has 0 aromatic rings. The summed E-state index contributed by atoms with van der Waals surface area (Å²) in [6.07, 6.45) is 1.88. The first-order valence-corrected chi connectivity index (χ1v) is 6.60. The van der Waals surface area contributed by atoms with Crippen LogP contribution in [0, 0.1) is 0 Å². The lowest BCUT2D eigenvalue weighted by Gasteiger charge is -2.26. The highest BCUT2D eigenvalue weighted by Gasteiger charge is 2.08. The molecule has 1 heterocycles. The molecule has 1 atom stereocenters. The van der Waals surface area contributed by atoms with Crippen molar-refractivity contribution in [2.45, 2.75) is 19.4 Å². The second kappa shape index (κ2) is 12.1. The number of nitrogens with one attached hydrogen (secondary N) is 1. The molecule has 1 unspecified atom stereocenters. The molecule has 1 aliphatic rings. The number of carboxylic acid groups (broad SMARTS) is 1. The fourth-order valence-corrected chi connectivity index (χ4v) is 1.46. The van der Waals surface area contributed by atoms with Gasteiger partial charge < -0.3 is 20.3 Å². The second-order valence-corrected chi connectivity index (χ2v) is 4.31. The summed E-state index contributed by atoms with van der Waals surface area (Å²) in [6.45, 7) is 12.1. The van der Waals surface area contributed by atoms with Crippen LogP contribution in [0.1, 0.15) is 13.3 Å². The molecule has 0 radical (unpaired) electrons. The van der Waals surface area contributed by atoms with E-state index >= 15 is 0 Å². The van der Waals surface area contributed by atoms with Crippen molar-refractivity contribution in [2.24, 2.45) is 0 Å². The van der Waals surface area contributed by atoms with Gasteiger partial charge in [0.2, 0.25) is 0 Å². The molecule has 0 aromatic heterocycles. The van der Waals surface area contributed by atoms with E-state index in [0.29, 0.717) is 0 Å². The predicted octanol–water partition coefficient (Wildman–Crippen LogP) is -0.0639. The first-order chi connectivity index (χ1) is 9.07. The minimum absolute atomic E-state index is 0.903. The van der Waals surface area contributed by atoms with Gasteiger partial charge in [0.1, 0.15) is 6.10 Å². The number of carbonyl (C=O) groups is 1. The molecule has 0 saturated carbocycles. The van der Waals surface area contributed by atoms with Gasteiger partial charge in [0.25, 0.3) is 0 Å². The van der Waals surface area contributed by atoms with Gasteiger partial charge in [-0.05, 0) is 26.4 Å². The molecule has 6 nitrogen and oxygen atoms in total. The van der Waals surface area contributed by atoms with Crippen molar-refractivity contribution in [1.29, 1.82) is 0 Å². The van der Waals surface area contributed by atoms with Crippen molar-refractivity contribution in [3.8, 4) is 0 Å². The Morgan fingerprint density at radius 2 is 2.11 bits per heavy atom. The number of morpholine rings is 1. The topological polar surface area (TPSA) is 82.0 Å². The predicted molar refractivity (Wildman–Crippen MR) is 74.3 cm³/mol. The van der Waals surface area contributed by atoms with Gasteiger partial charge in [-0.3, -0.25) is 4.90 Å². The average molecular weight is 274 g/mol. The Labute approximate surface area is 115 Å². The smallest absolute Gasteiger partial charge is 0.332 e. The molecular formula is C13H26N2O4. The molecule has 0 amide bonds. The number of nitrogens with zero attached hydrogens (tertiary/aromatic N) is 1. The van der Waals surface area contributed by atoms with E-state index in [9.17, 15) is 4.79 Å². The molecule has 0 spiro atoms.